The number of carbonyl (C=O) groups excluding carboxylic acids is 1. The molecular weight excluding hydrogens is 242 g/mol. The van der Waals surface area contributed by atoms with Crippen LogP contribution in [0.3, 0.4) is 0 Å². The molecule has 1 saturated heterocycles. The van der Waals surface area contributed by atoms with Gasteiger partial charge in [0.1, 0.15) is 5.75 Å². The van der Waals surface area contributed by atoms with Gasteiger partial charge in [0.25, 0.3) is 5.91 Å². The molecule has 2 N–H and O–H groups in total. The molecule has 104 valence electrons. The fourth-order valence-corrected chi connectivity index (χ4v) is 2.59. The van der Waals surface area contributed by atoms with Gasteiger partial charge in [-0.05, 0) is 49.8 Å². The number of hydrogen-bond donors (Lipinski definition) is 2. The van der Waals surface area contributed by atoms with Gasteiger partial charge in [0, 0.05) is 25.3 Å². The molecule has 4 nitrogen and oxygen atoms in total. The van der Waals surface area contributed by atoms with E-state index >= 15 is 0 Å². The first-order valence-electron chi connectivity index (χ1n) is 6.81. The van der Waals surface area contributed by atoms with Gasteiger partial charge in [-0.3, -0.25) is 4.79 Å². The van der Waals surface area contributed by atoms with Crippen molar-refractivity contribution in [1.29, 1.82) is 0 Å². The van der Waals surface area contributed by atoms with E-state index in [0.29, 0.717) is 18.0 Å². The Bertz CT molecular complexity index is 457. The van der Waals surface area contributed by atoms with E-state index in [4.69, 9.17) is 5.11 Å². The Morgan fingerprint density at radius 3 is 2.95 bits per heavy atom. The predicted octanol–water partition coefficient (Wildman–Crippen LogP) is 1.94. The van der Waals surface area contributed by atoms with Crippen molar-refractivity contribution in [3.8, 4) is 5.75 Å². The number of aryl methyl sites for hydroxylation is 1. The maximum Gasteiger partial charge on any atom is 0.253 e. The zero-order valence-corrected chi connectivity index (χ0v) is 11.3. The zero-order valence-electron chi connectivity index (χ0n) is 11.3. The van der Waals surface area contributed by atoms with Crippen LogP contribution in [0.15, 0.2) is 18.2 Å². The SMILES string of the molecule is Cc1ccc(C(=O)N2CCCC(CCO)C2)cc1O. The highest BCUT2D eigenvalue weighted by Crippen LogP contribution is 2.23. The normalized spacial score (nSPS) is 19.5. The predicted molar refractivity (Wildman–Crippen MR) is 73.2 cm³/mol. The van der Waals surface area contributed by atoms with Crippen LogP contribution in [0.2, 0.25) is 0 Å². The van der Waals surface area contributed by atoms with Crippen LogP contribution in [-0.2, 0) is 0 Å². The molecule has 1 aromatic carbocycles. The topological polar surface area (TPSA) is 60.8 Å². The third-order valence-corrected chi connectivity index (χ3v) is 3.80. The Morgan fingerprint density at radius 2 is 2.26 bits per heavy atom. The monoisotopic (exact) mass is 263 g/mol. The van der Waals surface area contributed by atoms with E-state index < -0.39 is 0 Å². The summed E-state index contributed by atoms with van der Waals surface area (Å²) in [7, 11) is 0. The molecule has 1 amide bonds. The number of phenols is 1. The average Bonchev–Trinajstić information content (AvgIpc) is 2.42. The van der Waals surface area contributed by atoms with E-state index in [1.54, 1.807) is 12.1 Å². The number of carbonyl (C=O) groups is 1. The lowest BCUT2D eigenvalue weighted by atomic mass is 9.94. The second-order valence-corrected chi connectivity index (χ2v) is 5.27. The van der Waals surface area contributed by atoms with Gasteiger partial charge in [0.15, 0.2) is 0 Å². The summed E-state index contributed by atoms with van der Waals surface area (Å²) >= 11 is 0. The number of likely N-dealkylation sites (tertiary alicyclic amines) is 1. The number of phenolic OH excluding ortho intramolecular Hbond substituents is 1. The summed E-state index contributed by atoms with van der Waals surface area (Å²) < 4.78 is 0. The van der Waals surface area contributed by atoms with Crippen molar-refractivity contribution in [1.82, 2.24) is 4.90 Å². The van der Waals surface area contributed by atoms with Gasteiger partial charge in [-0.1, -0.05) is 6.07 Å². The zero-order chi connectivity index (χ0) is 13.8. The van der Waals surface area contributed by atoms with E-state index in [1.165, 1.54) is 6.07 Å². The van der Waals surface area contributed by atoms with Crippen LogP contribution in [0.4, 0.5) is 0 Å². The molecule has 1 aliphatic rings. The van der Waals surface area contributed by atoms with E-state index in [0.717, 1.165) is 31.4 Å². The quantitative estimate of drug-likeness (QED) is 0.876. The van der Waals surface area contributed by atoms with Crippen LogP contribution in [0.5, 0.6) is 5.75 Å². The Balaban J connectivity index is 2.08. The summed E-state index contributed by atoms with van der Waals surface area (Å²) in [5.74, 6) is 0.523. The number of rotatable bonds is 3. The molecule has 1 fully saturated rings. The van der Waals surface area contributed by atoms with Crippen LogP contribution in [0, 0.1) is 12.8 Å². The molecule has 1 heterocycles. The first kappa shape index (κ1) is 13.9. The Kier molecular flexibility index (Phi) is 4.43. The number of aliphatic hydroxyl groups is 1. The van der Waals surface area contributed by atoms with Crippen LogP contribution in [0.25, 0.3) is 0 Å². The summed E-state index contributed by atoms with van der Waals surface area (Å²) in [4.78, 5) is 14.2. The van der Waals surface area contributed by atoms with Crippen LogP contribution >= 0.6 is 0 Å². The maximum atomic E-state index is 12.4. The molecule has 1 aromatic rings. The van der Waals surface area contributed by atoms with Crippen LogP contribution in [-0.4, -0.2) is 40.7 Å². The molecule has 0 spiro atoms. The summed E-state index contributed by atoms with van der Waals surface area (Å²) in [6.07, 6.45) is 2.81. The Hall–Kier alpha value is -1.55. The first-order chi connectivity index (χ1) is 9.11. The molecule has 1 atom stereocenters. The molecular formula is C15H21NO3. The number of amides is 1. The number of aliphatic hydroxyl groups excluding tert-OH is 1. The molecule has 2 rings (SSSR count). The molecule has 0 saturated carbocycles. The van der Waals surface area contributed by atoms with Gasteiger partial charge in [0.2, 0.25) is 0 Å². The number of piperidine rings is 1. The molecule has 1 unspecified atom stereocenters. The fourth-order valence-electron chi connectivity index (χ4n) is 2.59. The molecule has 19 heavy (non-hydrogen) atoms. The minimum atomic E-state index is -0.0297. The minimum absolute atomic E-state index is 0.0297. The van der Waals surface area contributed by atoms with Gasteiger partial charge in [-0.2, -0.15) is 0 Å². The first-order valence-corrected chi connectivity index (χ1v) is 6.81. The van der Waals surface area contributed by atoms with Gasteiger partial charge in [-0.25, -0.2) is 0 Å². The van der Waals surface area contributed by atoms with Crippen molar-refractivity contribution in [2.75, 3.05) is 19.7 Å². The molecule has 0 radical (unpaired) electrons. The summed E-state index contributed by atoms with van der Waals surface area (Å²) in [5, 5.41) is 18.7. The van der Waals surface area contributed by atoms with Gasteiger partial charge < -0.3 is 15.1 Å². The maximum absolute atomic E-state index is 12.4. The Morgan fingerprint density at radius 1 is 1.47 bits per heavy atom. The largest absolute Gasteiger partial charge is 0.508 e. The van der Waals surface area contributed by atoms with Crippen molar-refractivity contribution in [3.05, 3.63) is 29.3 Å². The smallest absolute Gasteiger partial charge is 0.253 e. The van der Waals surface area contributed by atoms with E-state index in [9.17, 15) is 9.90 Å². The van der Waals surface area contributed by atoms with E-state index in [-0.39, 0.29) is 18.3 Å². The van der Waals surface area contributed by atoms with Crippen molar-refractivity contribution in [3.63, 3.8) is 0 Å². The van der Waals surface area contributed by atoms with Crippen molar-refractivity contribution in [2.45, 2.75) is 26.2 Å². The minimum Gasteiger partial charge on any atom is -0.508 e. The average molecular weight is 263 g/mol. The van der Waals surface area contributed by atoms with E-state index in [1.807, 2.05) is 11.8 Å². The van der Waals surface area contributed by atoms with Crippen molar-refractivity contribution < 1.29 is 15.0 Å². The lowest BCUT2D eigenvalue weighted by Crippen LogP contribution is -2.40. The molecule has 1 aliphatic heterocycles. The van der Waals surface area contributed by atoms with Crippen molar-refractivity contribution in [2.24, 2.45) is 5.92 Å². The summed E-state index contributed by atoms with van der Waals surface area (Å²) in [6, 6.07) is 5.05. The molecule has 0 bridgehead atoms. The van der Waals surface area contributed by atoms with Gasteiger partial charge in [-0.15, -0.1) is 0 Å². The standard InChI is InChI=1S/C15H21NO3/c1-11-4-5-13(9-14(11)18)15(19)16-7-2-3-12(10-16)6-8-17/h4-5,9,12,17-18H,2-3,6-8,10H2,1H3. The van der Waals surface area contributed by atoms with E-state index in [2.05, 4.69) is 0 Å². The number of aromatic hydroxyl groups is 1. The highest BCUT2D eigenvalue weighted by Gasteiger charge is 2.24. The number of hydrogen-bond acceptors (Lipinski definition) is 3. The molecule has 0 aliphatic carbocycles. The second kappa shape index (κ2) is 6.06. The molecule has 0 aromatic heterocycles. The summed E-state index contributed by atoms with van der Waals surface area (Å²) in [6.45, 7) is 3.45. The van der Waals surface area contributed by atoms with Crippen molar-refractivity contribution >= 4 is 5.91 Å². The van der Waals surface area contributed by atoms with Crippen LogP contribution in [0.1, 0.15) is 35.2 Å². The van der Waals surface area contributed by atoms with Gasteiger partial charge in [0.05, 0.1) is 0 Å². The summed E-state index contributed by atoms with van der Waals surface area (Å²) in [5.41, 5.74) is 1.31. The second-order valence-electron chi connectivity index (χ2n) is 5.27. The third kappa shape index (κ3) is 3.26. The fraction of sp³-hybridized carbons (Fsp3) is 0.533. The number of nitrogens with zero attached hydrogens (tertiary/aromatic N) is 1. The Labute approximate surface area is 113 Å². The third-order valence-electron chi connectivity index (χ3n) is 3.80. The highest BCUT2D eigenvalue weighted by atomic mass is 16.3. The number of benzene rings is 1. The van der Waals surface area contributed by atoms with Crippen LogP contribution < -0.4 is 0 Å². The molecule has 4 heteroatoms. The lowest BCUT2D eigenvalue weighted by molar-refractivity contribution is 0.0653. The lowest BCUT2D eigenvalue weighted by Gasteiger charge is -2.32. The van der Waals surface area contributed by atoms with Gasteiger partial charge >= 0.3 is 0 Å². The highest BCUT2D eigenvalue weighted by molar-refractivity contribution is 5.94.